The van der Waals surface area contributed by atoms with Gasteiger partial charge in [-0.15, -0.1) is 0 Å². The first-order chi connectivity index (χ1) is 8.77. The first-order valence-electron chi connectivity index (χ1n) is 6.50. The molecule has 0 aliphatic rings. The number of nitrogens with one attached hydrogen (secondary N) is 1. The zero-order valence-corrected chi connectivity index (χ0v) is 11.6. The molecule has 4 nitrogen and oxygen atoms in total. The minimum atomic E-state index is 0.311. The Morgan fingerprint density at radius 1 is 1.28 bits per heavy atom. The second-order valence-corrected chi connectivity index (χ2v) is 4.24. The molecule has 1 N–H and O–H groups in total. The third-order valence-electron chi connectivity index (χ3n) is 2.77. The highest BCUT2D eigenvalue weighted by atomic mass is 16.5. The number of pyridine rings is 1. The molecule has 0 spiro atoms. The van der Waals surface area contributed by atoms with Gasteiger partial charge >= 0.3 is 0 Å². The van der Waals surface area contributed by atoms with Crippen molar-refractivity contribution in [3.8, 4) is 0 Å². The second-order valence-electron chi connectivity index (χ2n) is 4.24. The molecule has 0 aromatic carbocycles. The first kappa shape index (κ1) is 15.1. The zero-order chi connectivity index (χ0) is 13.2. The van der Waals surface area contributed by atoms with Crippen LogP contribution in [0, 0.1) is 6.92 Å². The van der Waals surface area contributed by atoms with Crippen molar-refractivity contribution in [1.82, 2.24) is 10.3 Å². The molecule has 0 amide bonds. The van der Waals surface area contributed by atoms with Crippen LogP contribution in [-0.2, 0) is 9.47 Å². The summed E-state index contributed by atoms with van der Waals surface area (Å²) in [6, 6.07) is 4.49. The summed E-state index contributed by atoms with van der Waals surface area (Å²) in [7, 11) is 1.68. The van der Waals surface area contributed by atoms with Crippen LogP contribution in [0.1, 0.15) is 30.6 Å². The van der Waals surface area contributed by atoms with E-state index in [1.807, 2.05) is 19.2 Å². The molecular weight excluding hydrogens is 228 g/mol. The lowest BCUT2D eigenvalue weighted by Crippen LogP contribution is -2.22. The molecule has 1 aromatic rings. The van der Waals surface area contributed by atoms with Gasteiger partial charge in [0.15, 0.2) is 0 Å². The molecule has 102 valence electrons. The van der Waals surface area contributed by atoms with Gasteiger partial charge in [-0.2, -0.15) is 0 Å². The van der Waals surface area contributed by atoms with Gasteiger partial charge in [-0.25, -0.2) is 0 Å². The molecule has 1 atom stereocenters. The molecule has 1 rings (SSSR count). The Morgan fingerprint density at radius 2 is 2.11 bits per heavy atom. The van der Waals surface area contributed by atoms with Crippen molar-refractivity contribution >= 4 is 0 Å². The maximum atomic E-state index is 5.51. The summed E-state index contributed by atoms with van der Waals surface area (Å²) in [4.78, 5) is 4.34. The van der Waals surface area contributed by atoms with E-state index in [1.165, 1.54) is 5.56 Å². The van der Waals surface area contributed by atoms with Crippen LogP contribution >= 0.6 is 0 Å². The first-order valence-corrected chi connectivity index (χ1v) is 6.50. The van der Waals surface area contributed by atoms with Crippen molar-refractivity contribution in [3.05, 3.63) is 29.6 Å². The van der Waals surface area contributed by atoms with Crippen LogP contribution in [0.2, 0.25) is 0 Å². The zero-order valence-electron chi connectivity index (χ0n) is 11.6. The lowest BCUT2D eigenvalue weighted by molar-refractivity contribution is 0.0658. The van der Waals surface area contributed by atoms with Crippen molar-refractivity contribution in [2.75, 3.05) is 33.5 Å². The van der Waals surface area contributed by atoms with Crippen molar-refractivity contribution in [1.29, 1.82) is 0 Å². The highest BCUT2D eigenvalue weighted by Crippen LogP contribution is 2.16. The molecule has 4 heteroatoms. The molecule has 0 aliphatic heterocycles. The molecule has 1 heterocycles. The maximum Gasteiger partial charge on any atom is 0.0700 e. The number of rotatable bonds is 9. The Hall–Kier alpha value is -0.970. The Bertz CT molecular complexity index is 314. The van der Waals surface area contributed by atoms with Crippen LogP contribution in [-0.4, -0.2) is 38.5 Å². The Morgan fingerprint density at radius 3 is 2.72 bits per heavy atom. The van der Waals surface area contributed by atoms with E-state index < -0.39 is 0 Å². The van der Waals surface area contributed by atoms with Gasteiger partial charge in [-0.1, -0.05) is 13.0 Å². The highest BCUT2D eigenvalue weighted by molar-refractivity contribution is 5.17. The maximum absolute atomic E-state index is 5.51. The number of hydrogen-bond acceptors (Lipinski definition) is 4. The lowest BCUT2D eigenvalue weighted by atomic mass is 10.1. The monoisotopic (exact) mass is 252 g/mol. The Balaban J connectivity index is 2.41. The summed E-state index contributed by atoms with van der Waals surface area (Å²) in [6.07, 6.45) is 2.89. The van der Waals surface area contributed by atoms with Crippen LogP contribution in [0.4, 0.5) is 0 Å². The predicted octanol–water partition coefficient (Wildman–Crippen LogP) is 2.09. The van der Waals surface area contributed by atoms with E-state index in [4.69, 9.17) is 9.47 Å². The van der Waals surface area contributed by atoms with Gasteiger partial charge in [0.1, 0.15) is 0 Å². The van der Waals surface area contributed by atoms with E-state index in [9.17, 15) is 0 Å². The number of methoxy groups -OCH3 is 1. The van der Waals surface area contributed by atoms with E-state index in [1.54, 1.807) is 7.11 Å². The summed E-state index contributed by atoms with van der Waals surface area (Å²) in [5, 5.41) is 3.46. The van der Waals surface area contributed by atoms with E-state index in [2.05, 4.69) is 23.3 Å². The lowest BCUT2D eigenvalue weighted by Gasteiger charge is -2.18. The second kappa shape index (κ2) is 9.03. The van der Waals surface area contributed by atoms with E-state index in [0.29, 0.717) is 19.3 Å². The van der Waals surface area contributed by atoms with Crippen molar-refractivity contribution in [3.63, 3.8) is 0 Å². The molecule has 0 radical (unpaired) electrons. The number of aryl methyl sites for hydroxylation is 1. The van der Waals surface area contributed by atoms with Crippen LogP contribution in [0.5, 0.6) is 0 Å². The fourth-order valence-corrected chi connectivity index (χ4v) is 1.76. The summed E-state index contributed by atoms with van der Waals surface area (Å²) < 4.78 is 10.5. The number of aromatic nitrogens is 1. The summed E-state index contributed by atoms with van der Waals surface area (Å²) in [5.41, 5.74) is 2.27. The predicted molar refractivity (Wildman–Crippen MR) is 72.7 cm³/mol. The third kappa shape index (κ3) is 5.58. The molecule has 1 aromatic heterocycles. The molecule has 1 unspecified atom stereocenters. The third-order valence-corrected chi connectivity index (χ3v) is 2.77. The number of ether oxygens (including phenoxy) is 2. The van der Waals surface area contributed by atoms with Gasteiger partial charge in [-0.05, 0) is 31.5 Å². The molecule has 0 bridgehead atoms. The highest BCUT2D eigenvalue weighted by Gasteiger charge is 2.10. The van der Waals surface area contributed by atoms with E-state index in [-0.39, 0.29) is 0 Å². The summed E-state index contributed by atoms with van der Waals surface area (Å²) in [6.45, 7) is 7.09. The van der Waals surface area contributed by atoms with Crippen LogP contribution in [0.15, 0.2) is 18.3 Å². The topological polar surface area (TPSA) is 43.4 Å². The fraction of sp³-hybridized carbons (Fsp3) is 0.643. The quantitative estimate of drug-likeness (QED) is 0.683. The SMILES string of the molecule is CCNC(CCOCCOC)c1ccc(C)nc1. The van der Waals surface area contributed by atoms with Crippen LogP contribution in [0.25, 0.3) is 0 Å². The molecular formula is C14H24N2O2. The minimum Gasteiger partial charge on any atom is -0.382 e. The normalized spacial score (nSPS) is 12.6. The van der Waals surface area contributed by atoms with Gasteiger partial charge in [0.05, 0.1) is 13.2 Å². The van der Waals surface area contributed by atoms with Crippen LogP contribution in [0.3, 0.4) is 0 Å². The Labute approximate surface area is 110 Å². The van der Waals surface area contributed by atoms with Gasteiger partial charge in [-0.3, -0.25) is 4.98 Å². The van der Waals surface area contributed by atoms with Crippen LogP contribution < -0.4 is 5.32 Å². The molecule has 18 heavy (non-hydrogen) atoms. The van der Waals surface area contributed by atoms with Gasteiger partial charge in [0.2, 0.25) is 0 Å². The number of hydrogen-bond donors (Lipinski definition) is 1. The number of nitrogens with zero attached hydrogens (tertiary/aromatic N) is 1. The molecule has 0 aliphatic carbocycles. The standard InChI is InChI=1S/C14H24N2O2/c1-4-15-14(7-8-18-10-9-17-3)13-6-5-12(2)16-11-13/h5-6,11,14-15H,4,7-10H2,1-3H3. The largest absolute Gasteiger partial charge is 0.382 e. The molecule has 0 saturated heterocycles. The summed E-state index contributed by atoms with van der Waals surface area (Å²) >= 11 is 0. The average molecular weight is 252 g/mol. The molecule has 0 fully saturated rings. The van der Waals surface area contributed by atoms with Crippen molar-refractivity contribution in [2.45, 2.75) is 26.3 Å². The van der Waals surface area contributed by atoms with Gasteiger partial charge in [0, 0.05) is 31.6 Å². The van der Waals surface area contributed by atoms with E-state index in [0.717, 1.165) is 25.3 Å². The smallest absolute Gasteiger partial charge is 0.0700 e. The summed E-state index contributed by atoms with van der Waals surface area (Å²) in [5.74, 6) is 0. The van der Waals surface area contributed by atoms with Gasteiger partial charge in [0.25, 0.3) is 0 Å². The van der Waals surface area contributed by atoms with Gasteiger partial charge < -0.3 is 14.8 Å². The molecule has 0 saturated carbocycles. The minimum absolute atomic E-state index is 0.311. The average Bonchev–Trinajstić information content (AvgIpc) is 2.38. The fourth-order valence-electron chi connectivity index (χ4n) is 1.76. The van der Waals surface area contributed by atoms with Crippen molar-refractivity contribution < 1.29 is 9.47 Å². The Kier molecular flexibility index (Phi) is 7.57. The van der Waals surface area contributed by atoms with Crippen molar-refractivity contribution in [2.24, 2.45) is 0 Å². The van der Waals surface area contributed by atoms with E-state index >= 15 is 0 Å².